The van der Waals surface area contributed by atoms with Gasteiger partial charge in [0.15, 0.2) is 0 Å². The van der Waals surface area contributed by atoms with Gasteiger partial charge in [-0.25, -0.2) is 13.4 Å². The fourth-order valence-corrected chi connectivity index (χ4v) is 3.04. The Morgan fingerprint density at radius 2 is 2.00 bits per heavy atom. The molecule has 114 valence electrons. The number of hydrogen-bond donors (Lipinski definition) is 1. The van der Waals surface area contributed by atoms with Crippen molar-refractivity contribution in [1.29, 1.82) is 5.26 Å². The molecule has 0 saturated heterocycles. The molecule has 6 nitrogen and oxygen atoms in total. The lowest BCUT2D eigenvalue weighted by atomic mass is 10.2. The predicted molar refractivity (Wildman–Crippen MR) is 85.5 cm³/mol. The normalized spacial score (nSPS) is 10.8. The minimum absolute atomic E-state index is 0.0202. The van der Waals surface area contributed by atoms with Gasteiger partial charge in [0, 0.05) is 14.1 Å². The standard InChI is InChI=1S/C14H13ClN4O2S/c1-19(2)14-6-4-11(9-17-14)18-22(20,21)12-5-3-10(8-16)13(15)7-12/h3-7,9,18H,1-2H3. The van der Waals surface area contributed by atoms with E-state index in [4.69, 9.17) is 16.9 Å². The van der Waals surface area contributed by atoms with Gasteiger partial charge < -0.3 is 4.90 Å². The number of nitrogens with one attached hydrogen (secondary N) is 1. The van der Waals surface area contributed by atoms with Crippen LogP contribution in [0.3, 0.4) is 0 Å². The summed E-state index contributed by atoms with van der Waals surface area (Å²) in [5, 5.41) is 8.90. The van der Waals surface area contributed by atoms with Crippen molar-refractivity contribution in [2.24, 2.45) is 0 Å². The van der Waals surface area contributed by atoms with Gasteiger partial charge in [0.25, 0.3) is 10.0 Å². The smallest absolute Gasteiger partial charge is 0.261 e. The fourth-order valence-electron chi connectivity index (χ4n) is 1.68. The summed E-state index contributed by atoms with van der Waals surface area (Å²) in [6.07, 6.45) is 1.43. The first-order valence-electron chi connectivity index (χ1n) is 6.19. The molecule has 2 aromatic rings. The number of anilines is 2. The summed E-state index contributed by atoms with van der Waals surface area (Å²) in [5.74, 6) is 0.712. The van der Waals surface area contributed by atoms with Crippen LogP contribution in [0.15, 0.2) is 41.4 Å². The first kappa shape index (κ1) is 16.1. The molecule has 0 saturated carbocycles. The van der Waals surface area contributed by atoms with Crippen molar-refractivity contribution in [3.63, 3.8) is 0 Å². The molecule has 0 aliphatic heterocycles. The Bertz CT molecular complexity index is 827. The number of nitriles is 1. The van der Waals surface area contributed by atoms with Gasteiger partial charge in [0.05, 0.1) is 27.4 Å². The molecule has 22 heavy (non-hydrogen) atoms. The van der Waals surface area contributed by atoms with Crippen molar-refractivity contribution in [2.75, 3.05) is 23.7 Å². The number of halogens is 1. The summed E-state index contributed by atoms with van der Waals surface area (Å²) in [5.41, 5.74) is 0.559. The average molecular weight is 337 g/mol. The van der Waals surface area contributed by atoms with Gasteiger partial charge in [-0.15, -0.1) is 0 Å². The summed E-state index contributed by atoms with van der Waals surface area (Å²) < 4.78 is 27.0. The van der Waals surface area contributed by atoms with Crippen molar-refractivity contribution in [1.82, 2.24) is 4.98 Å². The van der Waals surface area contributed by atoms with Crippen LogP contribution in [0.2, 0.25) is 5.02 Å². The third-order valence-corrected chi connectivity index (χ3v) is 4.52. The summed E-state index contributed by atoms with van der Waals surface area (Å²) in [6.45, 7) is 0. The molecule has 0 fully saturated rings. The lowest BCUT2D eigenvalue weighted by molar-refractivity contribution is 0.601. The second kappa shape index (κ2) is 6.22. The molecule has 1 aromatic carbocycles. The Morgan fingerprint density at radius 3 is 2.50 bits per heavy atom. The first-order chi connectivity index (χ1) is 10.3. The second-order valence-electron chi connectivity index (χ2n) is 4.66. The Hall–Kier alpha value is -2.30. The monoisotopic (exact) mass is 336 g/mol. The largest absolute Gasteiger partial charge is 0.363 e. The Balaban J connectivity index is 2.28. The Morgan fingerprint density at radius 1 is 1.27 bits per heavy atom. The number of rotatable bonds is 4. The van der Waals surface area contributed by atoms with Crippen molar-refractivity contribution >= 4 is 33.1 Å². The molecular weight excluding hydrogens is 324 g/mol. The van der Waals surface area contributed by atoms with Crippen LogP contribution in [0.4, 0.5) is 11.5 Å². The highest BCUT2D eigenvalue weighted by Gasteiger charge is 2.16. The number of benzene rings is 1. The van der Waals surface area contributed by atoms with E-state index < -0.39 is 10.0 Å². The zero-order valence-corrected chi connectivity index (χ0v) is 13.5. The number of nitrogens with zero attached hydrogens (tertiary/aromatic N) is 3. The maximum absolute atomic E-state index is 12.3. The maximum atomic E-state index is 12.3. The highest BCUT2D eigenvalue weighted by molar-refractivity contribution is 7.92. The van der Waals surface area contributed by atoms with E-state index in [0.717, 1.165) is 0 Å². The van der Waals surface area contributed by atoms with Gasteiger partial charge in [-0.3, -0.25) is 4.72 Å². The topological polar surface area (TPSA) is 86.1 Å². The molecular formula is C14H13ClN4O2S. The van der Waals surface area contributed by atoms with E-state index in [2.05, 4.69) is 9.71 Å². The molecule has 8 heteroatoms. The summed E-state index contributed by atoms with van der Waals surface area (Å²) in [6, 6.07) is 9.13. The predicted octanol–water partition coefficient (Wildman–Crippen LogP) is 2.47. The molecule has 0 aliphatic carbocycles. The number of hydrogen-bond acceptors (Lipinski definition) is 5. The van der Waals surface area contributed by atoms with Gasteiger partial charge in [-0.05, 0) is 30.3 Å². The number of pyridine rings is 1. The molecule has 0 bridgehead atoms. The van der Waals surface area contributed by atoms with Gasteiger partial charge >= 0.3 is 0 Å². The van der Waals surface area contributed by atoms with Crippen LogP contribution in [0, 0.1) is 11.3 Å². The van der Waals surface area contributed by atoms with Crippen LogP contribution in [0.5, 0.6) is 0 Å². The van der Waals surface area contributed by atoms with E-state index in [9.17, 15) is 8.42 Å². The maximum Gasteiger partial charge on any atom is 0.261 e. The third kappa shape index (κ3) is 3.47. The minimum atomic E-state index is -3.79. The van der Waals surface area contributed by atoms with E-state index in [1.165, 1.54) is 24.4 Å². The van der Waals surface area contributed by atoms with Crippen LogP contribution in [-0.4, -0.2) is 27.5 Å². The first-order valence-corrected chi connectivity index (χ1v) is 8.05. The van der Waals surface area contributed by atoms with E-state index in [1.54, 1.807) is 17.0 Å². The molecule has 0 atom stereocenters. The molecule has 1 aromatic heterocycles. The minimum Gasteiger partial charge on any atom is -0.363 e. The van der Waals surface area contributed by atoms with Crippen LogP contribution in [0.25, 0.3) is 0 Å². The Kier molecular flexibility index (Phi) is 4.54. The van der Waals surface area contributed by atoms with E-state index in [0.29, 0.717) is 11.5 Å². The Labute approximate surface area is 134 Å². The third-order valence-electron chi connectivity index (χ3n) is 2.83. The number of sulfonamides is 1. The van der Waals surface area contributed by atoms with Gasteiger partial charge in [-0.1, -0.05) is 11.6 Å². The lowest BCUT2D eigenvalue weighted by Gasteiger charge is -2.12. The highest BCUT2D eigenvalue weighted by Crippen LogP contribution is 2.22. The summed E-state index contributed by atoms with van der Waals surface area (Å²) >= 11 is 5.86. The molecule has 0 amide bonds. The van der Waals surface area contributed by atoms with Crippen molar-refractivity contribution in [2.45, 2.75) is 4.90 Å². The van der Waals surface area contributed by atoms with E-state index in [1.807, 2.05) is 20.2 Å². The highest BCUT2D eigenvalue weighted by atomic mass is 35.5. The summed E-state index contributed by atoms with van der Waals surface area (Å²) in [4.78, 5) is 5.91. The van der Waals surface area contributed by atoms with Gasteiger partial charge in [0.2, 0.25) is 0 Å². The van der Waals surface area contributed by atoms with E-state index >= 15 is 0 Å². The van der Waals surface area contributed by atoms with Crippen LogP contribution < -0.4 is 9.62 Å². The molecule has 2 rings (SSSR count). The van der Waals surface area contributed by atoms with E-state index in [-0.39, 0.29) is 15.5 Å². The van der Waals surface area contributed by atoms with Gasteiger partial charge in [-0.2, -0.15) is 5.26 Å². The lowest BCUT2D eigenvalue weighted by Crippen LogP contribution is -2.14. The molecule has 0 aliphatic rings. The molecule has 0 radical (unpaired) electrons. The summed E-state index contributed by atoms with van der Waals surface area (Å²) in [7, 11) is -0.115. The van der Waals surface area contributed by atoms with Crippen LogP contribution in [0.1, 0.15) is 5.56 Å². The van der Waals surface area contributed by atoms with Crippen LogP contribution >= 0.6 is 11.6 Å². The van der Waals surface area contributed by atoms with Crippen molar-refractivity contribution in [3.8, 4) is 6.07 Å². The SMILES string of the molecule is CN(C)c1ccc(NS(=O)(=O)c2ccc(C#N)c(Cl)c2)cn1. The molecule has 1 N–H and O–H groups in total. The fraction of sp³-hybridized carbons (Fsp3) is 0.143. The average Bonchev–Trinajstić information content (AvgIpc) is 2.47. The second-order valence-corrected chi connectivity index (χ2v) is 6.75. The molecule has 0 spiro atoms. The molecule has 0 unspecified atom stereocenters. The zero-order valence-electron chi connectivity index (χ0n) is 11.9. The quantitative estimate of drug-likeness (QED) is 0.926. The molecule has 1 heterocycles. The van der Waals surface area contributed by atoms with Crippen molar-refractivity contribution in [3.05, 3.63) is 47.1 Å². The van der Waals surface area contributed by atoms with Crippen LogP contribution in [-0.2, 0) is 10.0 Å². The van der Waals surface area contributed by atoms with Crippen molar-refractivity contribution < 1.29 is 8.42 Å². The van der Waals surface area contributed by atoms with Gasteiger partial charge in [0.1, 0.15) is 11.9 Å². The number of aromatic nitrogens is 1. The zero-order chi connectivity index (χ0) is 16.3.